The Morgan fingerprint density at radius 3 is 2.68 bits per heavy atom. The number of amides is 1. The van der Waals surface area contributed by atoms with Gasteiger partial charge in [-0.3, -0.25) is 4.79 Å². The van der Waals surface area contributed by atoms with Crippen molar-refractivity contribution in [3.05, 3.63) is 0 Å². The number of hydrogen-bond donors (Lipinski definition) is 1. The van der Waals surface area contributed by atoms with Gasteiger partial charge in [0.1, 0.15) is 0 Å². The predicted octanol–water partition coefficient (Wildman–Crippen LogP) is 1.16. The zero-order chi connectivity index (χ0) is 14.0. The van der Waals surface area contributed by atoms with Crippen LogP contribution in [0, 0.1) is 17.8 Å². The van der Waals surface area contributed by atoms with Crippen LogP contribution in [0.3, 0.4) is 0 Å². The lowest BCUT2D eigenvalue weighted by Gasteiger charge is -2.34. The van der Waals surface area contributed by atoms with E-state index in [-0.39, 0.29) is 12.0 Å². The summed E-state index contributed by atoms with van der Waals surface area (Å²) in [6, 6.07) is 0.290. The van der Waals surface area contributed by atoms with Gasteiger partial charge in [-0.2, -0.15) is 0 Å². The fourth-order valence-electron chi connectivity index (χ4n) is 3.61. The zero-order valence-corrected chi connectivity index (χ0v) is 12.6. The zero-order valence-electron chi connectivity index (χ0n) is 12.6. The number of carbonyl (C=O) groups excluding carboxylic acids is 1. The molecule has 0 spiro atoms. The lowest BCUT2D eigenvalue weighted by Crippen LogP contribution is -2.42. The summed E-state index contributed by atoms with van der Waals surface area (Å²) < 4.78 is 0. The molecule has 2 fully saturated rings. The van der Waals surface area contributed by atoms with Crippen molar-refractivity contribution >= 4 is 5.91 Å². The molecule has 0 aromatic rings. The Morgan fingerprint density at radius 1 is 1.37 bits per heavy atom. The number of nitrogens with zero attached hydrogens (tertiary/aromatic N) is 2. The molecular weight excluding hydrogens is 238 g/mol. The van der Waals surface area contributed by atoms with E-state index in [2.05, 4.69) is 18.9 Å². The van der Waals surface area contributed by atoms with Crippen LogP contribution in [0.1, 0.15) is 32.6 Å². The maximum atomic E-state index is 12.5. The van der Waals surface area contributed by atoms with E-state index in [1.807, 2.05) is 11.9 Å². The summed E-state index contributed by atoms with van der Waals surface area (Å²) in [5, 5.41) is 0. The summed E-state index contributed by atoms with van der Waals surface area (Å²) in [7, 11) is 4.13. The molecule has 0 radical (unpaired) electrons. The first-order valence-corrected chi connectivity index (χ1v) is 7.66. The van der Waals surface area contributed by atoms with Crippen molar-refractivity contribution in [2.24, 2.45) is 23.5 Å². The molecule has 2 rings (SSSR count). The fourth-order valence-corrected chi connectivity index (χ4v) is 3.61. The normalized spacial score (nSPS) is 36.4. The Bertz CT molecular complexity index is 321. The van der Waals surface area contributed by atoms with E-state index in [1.165, 1.54) is 13.0 Å². The molecular formula is C15H29N3O. The number of rotatable bonds is 3. The van der Waals surface area contributed by atoms with Crippen molar-refractivity contribution in [2.45, 2.75) is 38.6 Å². The van der Waals surface area contributed by atoms with Gasteiger partial charge in [0.25, 0.3) is 0 Å². The second kappa shape index (κ2) is 6.23. The number of likely N-dealkylation sites (tertiary alicyclic amines) is 1. The van der Waals surface area contributed by atoms with E-state index in [0.29, 0.717) is 17.7 Å². The van der Waals surface area contributed by atoms with Crippen LogP contribution in [0.5, 0.6) is 0 Å². The van der Waals surface area contributed by atoms with Gasteiger partial charge < -0.3 is 15.5 Å². The van der Waals surface area contributed by atoms with Crippen LogP contribution >= 0.6 is 0 Å². The smallest absolute Gasteiger partial charge is 0.225 e. The van der Waals surface area contributed by atoms with E-state index in [0.717, 1.165) is 32.4 Å². The van der Waals surface area contributed by atoms with E-state index in [4.69, 9.17) is 5.73 Å². The first kappa shape index (κ1) is 14.8. The van der Waals surface area contributed by atoms with E-state index in [9.17, 15) is 4.79 Å². The van der Waals surface area contributed by atoms with Gasteiger partial charge in [0.05, 0.1) is 0 Å². The molecule has 4 nitrogen and oxygen atoms in total. The first-order chi connectivity index (χ1) is 8.97. The van der Waals surface area contributed by atoms with Crippen molar-refractivity contribution in [3.8, 4) is 0 Å². The van der Waals surface area contributed by atoms with Crippen LogP contribution < -0.4 is 5.73 Å². The maximum Gasteiger partial charge on any atom is 0.225 e. The predicted molar refractivity (Wildman–Crippen MR) is 77.7 cm³/mol. The van der Waals surface area contributed by atoms with Crippen LogP contribution in [0.2, 0.25) is 0 Å². The molecule has 110 valence electrons. The molecule has 2 N–H and O–H groups in total. The highest BCUT2D eigenvalue weighted by Crippen LogP contribution is 2.29. The Morgan fingerprint density at radius 2 is 2.11 bits per heavy atom. The van der Waals surface area contributed by atoms with Gasteiger partial charge in [0.15, 0.2) is 0 Å². The molecule has 1 aliphatic heterocycles. The van der Waals surface area contributed by atoms with Crippen molar-refractivity contribution in [1.29, 1.82) is 0 Å². The average Bonchev–Trinajstić information content (AvgIpc) is 2.77. The Labute approximate surface area is 117 Å². The monoisotopic (exact) mass is 267 g/mol. The summed E-state index contributed by atoms with van der Waals surface area (Å²) in [6.07, 6.45) is 4.16. The molecule has 0 bridgehead atoms. The van der Waals surface area contributed by atoms with E-state index < -0.39 is 0 Å². The van der Waals surface area contributed by atoms with Crippen molar-refractivity contribution in [3.63, 3.8) is 0 Å². The molecule has 0 aromatic carbocycles. The van der Waals surface area contributed by atoms with Crippen molar-refractivity contribution < 1.29 is 4.79 Å². The third-order valence-electron chi connectivity index (χ3n) is 4.98. The van der Waals surface area contributed by atoms with Crippen LogP contribution in [0.25, 0.3) is 0 Å². The molecule has 4 atom stereocenters. The molecule has 1 heterocycles. The number of nitrogens with two attached hydrogens (primary N) is 1. The molecule has 2 aliphatic rings. The Kier molecular flexibility index (Phi) is 4.85. The largest absolute Gasteiger partial charge is 0.345 e. The van der Waals surface area contributed by atoms with Crippen LogP contribution in [-0.4, -0.2) is 55.5 Å². The standard InChI is InChI=1S/C15H29N3O/c1-11-8-13(4-5-14(11)16)15(19)18(3)10-12-6-7-17(2)9-12/h11-14H,4-10,16H2,1-3H3. The molecule has 4 heteroatoms. The van der Waals surface area contributed by atoms with Gasteiger partial charge in [-0.05, 0) is 51.1 Å². The van der Waals surface area contributed by atoms with Crippen LogP contribution in [0.4, 0.5) is 0 Å². The van der Waals surface area contributed by atoms with Gasteiger partial charge in [-0.15, -0.1) is 0 Å². The second-order valence-corrected chi connectivity index (χ2v) is 6.79. The van der Waals surface area contributed by atoms with Crippen molar-refractivity contribution in [2.75, 3.05) is 33.7 Å². The molecule has 1 saturated carbocycles. The maximum absolute atomic E-state index is 12.5. The molecule has 1 aliphatic carbocycles. The molecule has 4 unspecified atom stereocenters. The average molecular weight is 267 g/mol. The van der Waals surface area contributed by atoms with E-state index in [1.54, 1.807) is 0 Å². The summed E-state index contributed by atoms with van der Waals surface area (Å²) in [5.74, 6) is 1.68. The highest BCUT2D eigenvalue weighted by molar-refractivity contribution is 5.78. The summed E-state index contributed by atoms with van der Waals surface area (Å²) in [5.41, 5.74) is 6.03. The number of carbonyl (C=O) groups is 1. The highest BCUT2D eigenvalue weighted by Gasteiger charge is 2.32. The molecule has 19 heavy (non-hydrogen) atoms. The summed E-state index contributed by atoms with van der Waals surface area (Å²) in [4.78, 5) is 16.8. The minimum atomic E-state index is 0.207. The van der Waals surface area contributed by atoms with Gasteiger partial charge in [0, 0.05) is 32.1 Å². The lowest BCUT2D eigenvalue weighted by molar-refractivity contribution is -0.136. The third kappa shape index (κ3) is 3.69. The van der Waals surface area contributed by atoms with Gasteiger partial charge in [0.2, 0.25) is 5.91 Å². The summed E-state index contributed by atoms with van der Waals surface area (Å²) >= 11 is 0. The van der Waals surface area contributed by atoms with Gasteiger partial charge >= 0.3 is 0 Å². The van der Waals surface area contributed by atoms with Gasteiger partial charge in [-0.25, -0.2) is 0 Å². The quantitative estimate of drug-likeness (QED) is 0.835. The molecule has 0 aromatic heterocycles. The third-order valence-corrected chi connectivity index (χ3v) is 4.98. The highest BCUT2D eigenvalue weighted by atomic mass is 16.2. The van der Waals surface area contributed by atoms with Crippen molar-refractivity contribution in [1.82, 2.24) is 9.80 Å². The second-order valence-electron chi connectivity index (χ2n) is 6.79. The Balaban J connectivity index is 1.82. The molecule has 1 saturated heterocycles. The fraction of sp³-hybridized carbons (Fsp3) is 0.933. The minimum Gasteiger partial charge on any atom is -0.345 e. The van der Waals surface area contributed by atoms with Crippen LogP contribution in [-0.2, 0) is 4.79 Å². The SMILES string of the molecule is CC1CC(C(=O)N(C)CC2CCN(C)C2)CCC1N. The Hall–Kier alpha value is -0.610. The van der Waals surface area contributed by atoms with E-state index >= 15 is 0 Å². The molecule has 1 amide bonds. The first-order valence-electron chi connectivity index (χ1n) is 7.66. The number of hydrogen-bond acceptors (Lipinski definition) is 3. The lowest BCUT2D eigenvalue weighted by atomic mass is 9.78. The van der Waals surface area contributed by atoms with Crippen LogP contribution in [0.15, 0.2) is 0 Å². The minimum absolute atomic E-state index is 0.207. The topological polar surface area (TPSA) is 49.6 Å². The van der Waals surface area contributed by atoms with Gasteiger partial charge in [-0.1, -0.05) is 6.92 Å². The summed E-state index contributed by atoms with van der Waals surface area (Å²) in [6.45, 7) is 5.39.